The quantitative estimate of drug-likeness (QED) is 0.900. The van der Waals surface area contributed by atoms with Gasteiger partial charge in [-0.15, -0.1) is 0 Å². The fourth-order valence-corrected chi connectivity index (χ4v) is 4.49. The summed E-state index contributed by atoms with van der Waals surface area (Å²) in [6, 6.07) is 4.62. The number of fused-ring (bicyclic) bond motifs is 1. The topological polar surface area (TPSA) is 75.7 Å². The predicted octanol–water partition coefficient (Wildman–Crippen LogP) is 1.83. The average molecular weight is 324 g/mol. The molecule has 1 aromatic rings. The zero-order valence-electron chi connectivity index (χ0n) is 12.7. The van der Waals surface area contributed by atoms with Crippen molar-refractivity contribution in [1.82, 2.24) is 4.31 Å². The number of carbonyl (C=O) groups excluding carboxylic acids is 1. The third-order valence-corrected chi connectivity index (χ3v) is 6.00. The average Bonchev–Trinajstić information content (AvgIpc) is 2.48. The lowest BCUT2D eigenvalue weighted by molar-refractivity contribution is -0.122. The molecule has 1 fully saturated rings. The molecule has 2 unspecified atom stereocenters. The molecule has 6 nitrogen and oxygen atoms in total. The fourth-order valence-electron chi connectivity index (χ4n) is 2.86. The number of piperidine rings is 1. The van der Waals surface area contributed by atoms with Gasteiger partial charge in [0.15, 0.2) is 6.10 Å². The second-order valence-electron chi connectivity index (χ2n) is 6.02. The first-order chi connectivity index (χ1) is 10.4. The molecule has 0 radical (unpaired) electrons. The highest BCUT2D eigenvalue weighted by atomic mass is 32.2. The summed E-state index contributed by atoms with van der Waals surface area (Å²) >= 11 is 0. The Morgan fingerprint density at radius 3 is 2.82 bits per heavy atom. The van der Waals surface area contributed by atoms with E-state index in [0.29, 0.717) is 30.4 Å². The van der Waals surface area contributed by atoms with E-state index in [4.69, 9.17) is 4.74 Å². The second kappa shape index (κ2) is 5.55. The van der Waals surface area contributed by atoms with Crippen LogP contribution in [-0.2, 0) is 14.8 Å². The Balaban J connectivity index is 1.92. The van der Waals surface area contributed by atoms with Gasteiger partial charge in [0.1, 0.15) is 5.75 Å². The van der Waals surface area contributed by atoms with Crippen molar-refractivity contribution in [3.05, 3.63) is 18.2 Å². The van der Waals surface area contributed by atoms with Crippen LogP contribution in [0.15, 0.2) is 23.1 Å². The molecule has 22 heavy (non-hydrogen) atoms. The molecule has 2 heterocycles. The van der Waals surface area contributed by atoms with Crippen molar-refractivity contribution in [3.8, 4) is 5.75 Å². The first kappa shape index (κ1) is 15.3. The molecule has 2 atom stereocenters. The lowest BCUT2D eigenvalue weighted by atomic mass is 10.0. The van der Waals surface area contributed by atoms with E-state index in [9.17, 15) is 13.2 Å². The largest absolute Gasteiger partial charge is 0.479 e. The summed E-state index contributed by atoms with van der Waals surface area (Å²) in [5.41, 5.74) is 0.411. The number of benzene rings is 1. The van der Waals surface area contributed by atoms with Crippen molar-refractivity contribution >= 4 is 21.6 Å². The molecule has 0 saturated carbocycles. The minimum Gasteiger partial charge on any atom is -0.479 e. The zero-order valence-corrected chi connectivity index (χ0v) is 13.5. The van der Waals surface area contributed by atoms with Crippen LogP contribution in [0.4, 0.5) is 5.69 Å². The number of hydrogen-bond donors (Lipinski definition) is 1. The third-order valence-electron chi connectivity index (χ3n) is 4.14. The van der Waals surface area contributed by atoms with E-state index in [1.54, 1.807) is 13.0 Å². The van der Waals surface area contributed by atoms with Gasteiger partial charge in [-0.3, -0.25) is 4.79 Å². The zero-order chi connectivity index (χ0) is 15.9. The molecule has 2 aliphatic rings. The fraction of sp³-hybridized carbons (Fsp3) is 0.533. The van der Waals surface area contributed by atoms with Crippen LogP contribution in [0.2, 0.25) is 0 Å². The molecule has 3 rings (SSSR count). The maximum Gasteiger partial charge on any atom is 0.265 e. The monoisotopic (exact) mass is 324 g/mol. The minimum atomic E-state index is -3.53. The molecular formula is C15H20N2O4S. The van der Waals surface area contributed by atoms with E-state index in [0.717, 1.165) is 12.8 Å². The standard InChI is InChI=1S/C15H20N2O4S/c1-10-4-3-7-17(9-10)22(19,20)12-5-6-14-13(8-12)16-15(18)11(2)21-14/h5-6,8,10-11H,3-4,7,9H2,1-2H3,(H,16,18). The molecule has 2 aliphatic heterocycles. The summed E-state index contributed by atoms with van der Waals surface area (Å²) in [6.45, 7) is 4.80. The van der Waals surface area contributed by atoms with Crippen LogP contribution in [-0.4, -0.2) is 37.8 Å². The van der Waals surface area contributed by atoms with E-state index in [1.165, 1.54) is 16.4 Å². The first-order valence-electron chi connectivity index (χ1n) is 7.49. The molecule has 1 N–H and O–H groups in total. The van der Waals surface area contributed by atoms with Crippen LogP contribution in [0.5, 0.6) is 5.75 Å². The highest BCUT2D eigenvalue weighted by molar-refractivity contribution is 7.89. The third kappa shape index (κ3) is 2.70. The Morgan fingerprint density at radius 2 is 2.09 bits per heavy atom. The maximum atomic E-state index is 12.7. The number of nitrogens with one attached hydrogen (secondary N) is 1. The van der Waals surface area contributed by atoms with E-state index < -0.39 is 16.1 Å². The van der Waals surface area contributed by atoms with Crippen LogP contribution in [0.3, 0.4) is 0 Å². The predicted molar refractivity (Wildman–Crippen MR) is 82.3 cm³/mol. The highest BCUT2D eigenvalue weighted by Crippen LogP contribution is 2.33. The number of nitrogens with zero attached hydrogens (tertiary/aromatic N) is 1. The minimum absolute atomic E-state index is 0.193. The Kier molecular flexibility index (Phi) is 3.86. The van der Waals surface area contributed by atoms with Crippen LogP contribution in [0, 0.1) is 5.92 Å². The molecule has 7 heteroatoms. The Morgan fingerprint density at radius 1 is 1.32 bits per heavy atom. The number of amides is 1. The number of anilines is 1. The molecule has 0 aliphatic carbocycles. The van der Waals surface area contributed by atoms with Crippen molar-refractivity contribution in [2.75, 3.05) is 18.4 Å². The van der Waals surface area contributed by atoms with Gasteiger partial charge in [-0.1, -0.05) is 6.92 Å². The van der Waals surface area contributed by atoms with Crippen LogP contribution in [0.1, 0.15) is 26.7 Å². The maximum absolute atomic E-state index is 12.7. The number of rotatable bonds is 2. The van der Waals surface area contributed by atoms with Crippen molar-refractivity contribution in [2.45, 2.75) is 37.7 Å². The van der Waals surface area contributed by atoms with Crippen molar-refractivity contribution in [3.63, 3.8) is 0 Å². The molecule has 0 spiro atoms. The van der Waals surface area contributed by atoms with Gasteiger partial charge in [0, 0.05) is 13.1 Å². The molecule has 1 saturated heterocycles. The van der Waals surface area contributed by atoms with Gasteiger partial charge in [-0.25, -0.2) is 8.42 Å². The van der Waals surface area contributed by atoms with E-state index in [1.807, 2.05) is 0 Å². The van der Waals surface area contributed by atoms with Gasteiger partial charge in [0.25, 0.3) is 5.91 Å². The lowest BCUT2D eigenvalue weighted by Crippen LogP contribution is -2.39. The van der Waals surface area contributed by atoms with E-state index in [2.05, 4.69) is 12.2 Å². The number of ether oxygens (including phenoxy) is 1. The van der Waals surface area contributed by atoms with Gasteiger partial charge in [-0.05, 0) is 43.9 Å². The molecule has 1 amide bonds. The Hall–Kier alpha value is -1.60. The lowest BCUT2D eigenvalue weighted by Gasteiger charge is -2.30. The molecular weight excluding hydrogens is 304 g/mol. The van der Waals surface area contributed by atoms with Gasteiger partial charge in [0.2, 0.25) is 10.0 Å². The summed E-state index contributed by atoms with van der Waals surface area (Å²) in [5, 5.41) is 2.69. The highest BCUT2D eigenvalue weighted by Gasteiger charge is 2.31. The molecule has 120 valence electrons. The van der Waals surface area contributed by atoms with E-state index >= 15 is 0 Å². The summed E-state index contributed by atoms with van der Waals surface area (Å²) in [5.74, 6) is 0.594. The molecule has 0 bridgehead atoms. The molecule has 0 aromatic heterocycles. The van der Waals surface area contributed by atoms with Crippen LogP contribution in [0.25, 0.3) is 0 Å². The summed E-state index contributed by atoms with van der Waals surface area (Å²) in [7, 11) is -3.53. The Bertz CT molecular complexity index is 701. The smallest absolute Gasteiger partial charge is 0.265 e. The van der Waals surface area contributed by atoms with Gasteiger partial charge >= 0.3 is 0 Å². The normalized spacial score (nSPS) is 26.0. The molecule has 1 aromatic carbocycles. The van der Waals surface area contributed by atoms with Gasteiger partial charge < -0.3 is 10.1 Å². The number of sulfonamides is 1. The summed E-state index contributed by atoms with van der Waals surface area (Å²) in [4.78, 5) is 11.9. The van der Waals surface area contributed by atoms with Crippen molar-refractivity contribution < 1.29 is 17.9 Å². The van der Waals surface area contributed by atoms with Gasteiger partial charge in [0.05, 0.1) is 10.6 Å². The summed E-state index contributed by atoms with van der Waals surface area (Å²) < 4.78 is 32.5. The number of carbonyl (C=O) groups is 1. The van der Waals surface area contributed by atoms with Crippen molar-refractivity contribution in [2.24, 2.45) is 5.92 Å². The van der Waals surface area contributed by atoms with Crippen molar-refractivity contribution in [1.29, 1.82) is 0 Å². The summed E-state index contributed by atoms with van der Waals surface area (Å²) in [6.07, 6.45) is 1.36. The van der Waals surface area contributed by atoms with Gasteiger partial charge in [-0.2, -0.15) is 4.31 Å². The Labute approximate surface area is 130 Å². The van der Waals surface area contributed by atoms with Crippen LogP contribution < -0.4 is 10.1 Å². The SMILES string of the molecule is CC1CCCN(S(=O)(=O)c2ccc3c(c2)NC(=O)C(C)O3)C1. The second-order valence-corrected chi connectivity index (χ2v) is 7.96. The number of hydrogen-bond acceptors (Lipinski definition) is 4. The van der Waals surface area contributed by atoms with Crippen LogP contribution >= 0.6 is 0 Å². The first-order valence-corrected chi connectivity index (χ1v) is 8.93. The van der Waals surface area contributed by atoms with E-state index in [-0.39, 0.29) is 10.8 Å².